The number of amides is 1. The van der Waals surface area contributed by atoms with Crippen LogP contribution in [0.2, 0.25) is 0 Å². The minimum Gasteiger partial charge on any atom is -0.349 e. The van der Waals surface area contributed by atoms with E-state index in [0.717, 1.165) is 0 Å². The Morgan fingerprint density at radius 3 is 2.72 bits per heavy atom. The minimum atomic E-state index is -0.444. The van der Waals surface area contributed by atoms with Crippen LogP contribution in [0.15, 0.2) is 59.7 Å². The van der Waals surface area contributed by atoms with Crippen LogP contribution in [0.5, 0.6) is 0 Å². The van der Waals surface area contributed by atoms with Crippen molar-refractivity contribution in [3.63, 3.8) is 0 Å². The lowest BCUT2D eigenvalue weighted by atomic mass is 10.1. The van der Waals surface area contributed by atoms with Crippen molar-refractivity contribution in [1.29, 1.82) is 0 Å². The summed E-state index contributed by atoms with van der Waals surface area (Å²) in [6.07, 6.45) is 1.55. The fraction of sp³-hybridized carbons (Fsp3) is 0.211. The van der Waals surface area contributed by atoms with Gasteiger partial charge in [-0.15, -0.1) is 0 Å². The van der Waals surface area contributed by atoms with Crippen LogP contribution in [-0.4, -0.2) is 15.5 Å². The van der Waals surface area contributed by atoms with Crippen molar-refractivity contribution >= 4 is 16.8 Å². The maximum Gasteiger partial charge on any atom is 0.261 e. The molecule has 0 bridgehead atoms. The molecule has 1 N–H and O–H groups in total. The first-order valence-corrected chi connectivity index (χ1v) is 8.04. The summed E-state index contributed by atoms with van der Waals surface area (Å²) in [5, 5.41) is 3.27. The highest BCUT2D eigenvalue weighted by molar-refractivity contribution is 5.77. The molecule has 1 heterocycles. The summed E-state index contributed by atoms with van der Waals surface area (Å²) in [5.41, 5.74) is 0.877. The van der Waals surface area contributed by atoms with Crippen molar-refractivity contribution < 1.29 is 9.18 Å². The summed E-state index contributed by atoms with van der Waals surface area (Å²) < 4.78 is 15.1. The second-order valence-corrected chi connectivity index (χ2v) is 5.82. The maximum absolute atomic E-state index is 13.7. The number of rotatable bonds is 5. The molecule has 0 aliphatic heterocycles. The lowest BCUT2D eigenvalue weighted by Crippen LogP contribution is -2.30. The van der Waals surface area contributed by atoms with E-state index in [4.69, 9.17) is 0 Å². The molecule has 1 unspecified atom stereocenters. The number of benzene rings is 2. The number of nitrogens with one attached hydrogen (secondary N) is 1. The highest BCUT2D eigenvalue weighted by Gasteiger charge is 2.13. The van der Waals surface area contributed by atoms with Gasteiger partial charge in [0.25, 0.3) is 5.56 Å². The number of hydrogen-bond acceptors (Lipinski definition) is 3. The molecule has 5 nitrogen and oxygen atoms in total. The van der Waals surface area contributed by atoms with E-state index in [1.54, 1.807) is 43.3 Å². The van der Waals surface area contributed by atoms with Gasteiger partial charge in [0.15, 0.2) is 0 Å². The van der Waals surface area contributed by atoms with E-state index in [-0.39, 0.29) is 30.2 Å². The Labute approximate surface area is 144 Å². The van der Waals surface area contributed by atoms with E-state index in [2.05, 4.69) is 10.3 Å². The maximum atomic E-state index is 13.7. The molecule has 0 fully saturated rings. The van der Waals surface area contributed by atoms with Crippen LogP contribution < -0.4 is 10.9 Å². The third kappa shape index (κ3) is 3.74. The number of fused-ring (bicyclic) bond motifs is 1. The van der Waals surface area contributed by atoms with Crippen molar-refractivity contribution in [1.82, 2.24) is 14.9 Å². The number of hydrogen-bond donors (Lipinski definition) is 1. The van der Waals surface area contributed by atoms with Crippen LogP contribution in [0, 0.1) is 5.82 Å². The molecule has 0 spiro atoms. The molecule has 1 aromatic heterocycles. The largest absolute Gasteiger partial charge is 0.349 e. The van der Waals surface area contributed by atoms with Crippen LogP contribution in [0.3, 0.4) is 0 Å². The topological polar surface area (TPSA) is 64.0 Å². The summed E-state index contributed by atoms with van der Waals surface area (Å²) in [6.45, 7) is 1.94. The summed E-state index contributed by atoms with van der Waals surface area (Å²) in [7, 11) is 0. The quantitative estimate of drug-likeness (QED) is 0.777. The van der Waals surface area contributed by atoms with Crippen LogP contribution in [0.4, 0.5) is 4.39 Å². The first-order valence-electron chi connectivity index (χ1n) is 8.04. The molecule has 0 aliphatic rings. The predicted molar refractivity (Wildman–Crippen MR) is 93.6 cm³/mol. The van der Waals surface area contributed by atoms with E-state index in [1.807, 2.05) is 6.07 Å². The molecule has 1 amide bonds. The average molecular weight is 339 g/mol. The van der Waals surface area contributed by atoms with E-state index >= 15 is 0 Å². The highest BCUT2D eigenvalue weighted by atomic mass is 19.1. The molecule has 2 aromatic carbocycles. The number of carbonyl (C=O) groups is 1. The number of nitrogens with zero attached hydrogens (tertiary/aromatic N) is 2. The number of aromatic nitrogens is 2. The Morgan fingerprint density at radius 2 is 1.92 bits per heavy atom. The van der Waals surface area contributed by atoms with E-state index < -0.39 is 6.04 Å². The molecule has 25 heavy (non-hydrogen) atoms. The number of para-hydroxylation sites is 1. The molecule has 3 aromatic rings. The zero-order valence-electron chi connectivity index (χ0n) is 13.8. The molecular formula is C19H18FN3O2. The zero-order chi connectivity index (χ0) is 17.8. The van der Waals surface area contributed by atoms with Gasteiger partial charge in [0.2, 0.25) is 5.91 Å². The third-order valence-electron chi connectivity index (χ3n) is 4.06. The Morgan fingerprint density at radius 1 is 1.20 bits per heavy atom. The molecular weight excluding hydrogens is 321 g/mol. The molecule has 3 rings (SSSR count). The normalized spacial score (nSPS) is 12.1. The summed E-state index contributed by atoms with van der Waals surface area (Å²) in [6, 6.07) is 12.9. The summed E-state index contributed by atoms with van der Waals surface area (Å²) >= 11 is 0. The monoisotopic (exact) mass is 339 g/mol. The van der Waals surface area contributed by atoms with Crippen LogP contribution in [-0.2, 0) is 11.3 Å². The molecule has 0 saturated heterocycles. The van der Waals surface area contributed by atoms with Crippen LogP contribution >= 0.6 is 0 Å². The Hall–Kier alpha value is -3.02. The second-order valence-electron chi connectivity index (χ2n) is 5.82. The van der Waals surface area contributed by atoms with Crippen molar-refractivity contribution in [3.8, 4) is 0 Å². The Kier molecular flexibility index (Phi) is 4.88. The molecule has 0 aliphatic carbocycles. The minimum absolute atomic E-state index is 0.110. The van der Waals surface area contributed by atoms with Gasteiger partial charge in [-0.25, -0.2) is 9.37 Å². The van der Waals surface area contributed by atoms with Gasteiger partial charge in [-0.1, -0.05) is 30.3 Å². The van der Waals surface area contributed by atoms with Gasteiger partial charge >= 0.3 is 0 Å². The first-order chi connectivity index (χ1) is 12.1. The van der Waals surface area contributed by atoms with E-state index in [0.29, 0.717) is 16.5 Å². The predicted octanol–water partition coefficient (Wildman–Crippen LogP) is 2.80. The zero-order valence-corrected chi connectivity index (χ0v) is 13.8. The van der Waals surface area contributed by atoms with Crippen molar-refractivity contribution in [2.24, 2.45) is 0 Å². The lowest BCUT2D eigenvalue weighted by Gasteiger charge is -2.15. The lowest BCUT2D eigenvalue weighted by molar-refractivity contribution is -0.122. The van der Waals surface area contributed by atoms with Gasteiger partial charge in [-0.2, -0.15) is 0 Å². The summed E-state index contributed by atoms with van der Waals surface area (Å²) in [4.78, 5) is 28.7. The molecule has 6 heteroatoms. The van der Waals surface area contributed by atoms with Crippen LogP contribution in [0.1, 0.15) is 24.9 Å². The van der Waals surface area contributed by atoms with Gasteiger partial charge in [-0.3, -0.25) is 14.2 Å². The second kappa shape index (κ2) is 7.25. The Bertz CT molecular complexity index is 968. The SMILES string of the molecule is CC(NC(=O)CCn1cnc2ccccc2c1=O)c1ccccc1F. The summed E-state index contributed by atoms with van der Waals surface area (Å²) in [5.74, 6) is -0.610. The van der Waals surface area contributed by atoms with Crippen molar-refractivity contribution in [2.45, 2.75) is 25.9 Å². The first kappa shape index (κ1) is 16.8. The molecule has 0 radical (unpaired) electrons. The number of carbonyl (C=O) groups excluding carboxylic acids is 1. The number of aryl methyl sites for hydroxylation is 1. The average Bonchev–Trinajstić information content (AvgIpc) is 2.61. The van der Waals surface area contributed by atoms with Crippen LogP contribution in [0.25, 0.3) is 10.9 Å². The smallest absolute Gasteiger partial charge is 0.261 e. The van der Waals surface area contributed by atoms with E-state index in [9.17, 15) is 14.0 Å². The number of halogens is 1. The highest BCUT2D eigenvalue weighted by Crippen LogP contribution is 2.16. The molecule has 0 saturated carbocycles. The van der Waals surface area contributed by atoms with Crippen molar-refractivity contribution in [3.05, 3.63) is 76.6 Å². The fourth-order valence-electron chi connectivity index (χ4n) is 2.71. The van der Waals surface area contributed by atoms with Gasteiger partial charge < -0.3 is 5.32 Å². The van der Waals surface area contributed by atoms with Crippen molar-refractivity contribution in [2.75, 3.05) is 0 Å². The molecule has 1 atom stereocenters. The van der Waals surface area contributed by atoms with Gasteiger partial charge in [-0.05, 0) is 25.1 Å². The third-order valence-corrected chi connectivity index (χ3v) is 4.06. The fourth-order valence-corrected chi connectivity index (χ4v) is 2.71. The molecule has 128 valence electrons. The van der Waals surface area contributed by atoms with Gasteiger partial charge in [0, 0.05) is 18.5 Å². The van der Waals surface area contributed by atoms with Gasteiger partial charge in [0.05, 0.1) is 23.3 Å². The Balaban J connectivity index is 1.66. The van der Waals surface area contributed by atoms with E-state index in [1.165, 1.54) is 17.0 Å². The van der Waals surface area contributed by atoms with Gasteiger partial charge in [0.1, 0.15) is 5.82 Å². The standard InChI is InChI=1S/C19H18FN3O2/c1-13(14-6-2-4-8-16(14)20)22-18(24)10-11-23-12-21-17-9-5-3-7-15(17)19(23)25/h2-9,12-13H,10-11H2,1H3,(H,22,24).